The van der Waals surface area contributed by atoms with Gasteiger partial charge in [-0.05, 0) is 63.3 Å². The molecule has 0 radical (unpaired) electrons. The largest absolute Gasteiger partial charge is 0.348 e. The number of aromatic nitrogens is 3. The summed E-state index contributed by atoms with van der Waals surface area (Å²) in [6.45, 7) is 6.25. The Bertz CT molecular complexity index is 1170. The number of aryl methyl sites for hydroxylation is 1. The van der Waals surface area contributed by atoms with Crippen LogP contribution in [0.1, 0.15) is 85.1 Å². The van der Waals surface area contributed by atoms with Crippen molar-refractivity contribution in [1.82, 2.24) is 20.1 Å². The van der Waals surface area contributed by atoms with Gasteiger partial charge in [-0.15, -0.1) is 0 Å². The predicted molar refractivity (Wildman–Crippen MR) is 127 cm³/mol. The zero-order chi connectivity index (χ0) is 22.1. The van der Waals surface area contributed by atoms with Crippen molar-refractivity contribution < 1.29 is 4.79 Å². The molecule has 1 amide bonds. The molecular weight excluding hydrogens is 456 g/mol. The average Bonchev–Trinajstić information content (AvgIpc) is 3.16. The van der Waals surface area contributed by atoms with Gasteiger partial charge in [0, 0.05) is 33.7 Å². The molecule has 31 heavy (non-hydrogen) atoms. The summed E-state index contributed by atoms with van der Waals surface area (Å²) in [7, 11) is 0. The fraction of sp³-hybridized carbons (Fsp3) is 0.458. The molecule has 1 fully saturated rings. The number of hydrogen-bond acceptors (Lipinski definition) is 3. The van der Waals surface area contributed by atoms with Gasteiger partial charge in [-0.3, -0.25) is 14.3 Å². The first-order valence-corrected chi connectivity index (χ1v) is 11.8. The van der Waals surface area contributed by atoms with Gasteiger partial charge in [0.1, 0.15) is 0 Å². The SMILES string of the molecule is Cc1cc(C2CCCCC2)c(CNC(=O)c2cc(Br)cc3c2cnn3C(C)C)c(=O)[nH]1. The Morgan fingerprint density at radius 1 is 1.26 bits per heavy atom. The van der Waals surface area contributed by atoms with Gasteiger partial charge in [0.05, 0.1) is 17.3 Å². The number of nitrogens with one attached hydrogen (secondary N) is 2. The Balaban J connectivity index is 1.63. The second-order valence-electron chi connectivity index (χ2n) is 8.80. The Hall–Kier alpha value is -2.41. The van der Waals surface area contributed by atoms with Gasteiger partial charge in [-0.1, -0.05) is 35.2 Å². The number of amides is 1. The van der Waals surface area contributed by atoms with Crippen LogP contribution in [0.5, 0.6) is 0 Å². The van der Waals surface area contributed by atoms with Crippen LogP contribution in [0.4, 0.5) is 0 Å². The van der Waals surface area contributed by atoms with E-state index in [1.165, 1.54) is 19.3 Å². The number of carbonyl (C=O) groups excluding carboxylic acids is 1. The second-order valence-corrected chi connectivity index (χ2v) is 9.72. The van der Waals surface area contributed by atoms with Crippen molar-refractivity contribution in [2.45, 2.75) is 71.4 Å². The minimum Gasteiger partial charge on any atom is -0.348 e. The minimum absolute atomic E-state index is 0.104. The molecule has 7 heteroatoms. The predicted octanol–water partition coefficient (Wildman–Crippen LogP) is 5.35. The summed E-state index contributed by atoms with van der Waals surface area (Å²) in [5, 5.41) is 8.26. The summed E-state index contributed by atoms with van der Waals surface area (Å²) >= 11 is 3.52. The molecule has 1 aromatic carbocycles. The number of rotatable bonds is 5. The molecule has 1 saturated carbocycles. The van der Waals surface area contributed by atoms with Gasteiger partial charge in [-0.25, -0.2) is 0 Å². The van der Waals surface area contributed by atoms with E-state index in [0.717, 1.165) is 39.5 Å². The lowest BCUT2D eigenvalue weighted by molar-refractivity contribution is 0.0952. The van der Waals surface area contributed by atoms with Gasteiger partial charge >= 0.3 is 0 Å². The molecule has 4 rings (SSSR count). The summed E-state index contributed by atoms with van der Waals surface area (Å²) in [4.78, 5) is 28.8. The lowest BCUT2D eigenvalue weighted by Crippen LogP contribution is -2.29. The first kappa shape index (κ1) is 21.8. The summed E-state index contributed by atoms with van der Waals surface area (Å²) < 4.78 is 2.73. The molecule has 3 aromatic rings. The molecule has 1 aliphatic rings. The van der Waals surface area contributed by atoms with Crippen LogP contribution in [0.3, 0.4) is 0 Å². The molecule has 1 aliphatic carbocycles. The lowest BCUT2D eigenvalue weighted by atomic mass is 9.82. The molecule has 2 N–H and O–H groups in total. The number of H-pyrrole nitrogens is 1. The third kappa shape index (κ3) is 4.47. The molecule has 0 bridgehead atoms. The van der Waals surface area contributed by atoms with E-state index in [1.54, 1.807) is 6.20 Å². The Labute approximate surface area is 190 Å². The van der Waals surface area contributed by atoms with Gasteiger partial charge in [-0.2, -0.15) is 5.10 Å². The number of hydrogen-bond donors (Lipinski definition) is 2. The molecule has 2 aromatic heterocycles. The Morgan fingerprint density at radius 2 is 2.00 bits per heavy atom. The highest BCUT2D eigenvalue weighted by atomic mass is 79.9. The van der Waals surface area contributed by atoms with Crippen molar-refractivity contribution in [3.05, 3.63) is 61.6 Å². The molecule has 0 unspecified atom stereocenters. The van der Waals surface area contributed by atoms with Crippen molar-refractivity contribution in [1.29, 1.82) is 0 Å². The van der Waals surface area contributed by atoms with E-state index in [0.29, 0.717) is 17.0 Å². The van der Waals surface area contributed by atoms with Gasteiger partial charge < -0.3 is 10.3 Å². The molecule has 6 nitrogen and oxygen atoms in total. The zero-order valence-electron chi connectivity index (χ0n) is 18.3. The smallest absolute Gasteiger partial charge is 0.253 e. The van der Waals surface area contributed by atoms with E-state index in [2.05, 4.69) is 51.2 Å². The lowest BCUT2D eigenvalue weighted by Gasteiger charge is -2.24. The first-order valence-electron chi connectivity index (χ1n) is 11.0. The Morgan fingerprint density at radius 3 is 2.71 bits per heavy atom. The number of benzene rings is 1. The highest BCUT2D eigenvalue weighted by molar-refractivity contribution is 9.10. The van der Waals surface area contributed by atoms with E-state index in [1.807, 2.05) is 23.7 Å². The standard InChI is InChI=1S/C24H29BrN4O2/c1-14(2)29-22-11-17(25)10-19(20(22)13-27-29)23(30)26-12-21-18(9-15(3)28-24(21)31)16-7-5-4-6-8-16/h9-11,13-14,16H,4-8,12H2,1-3H3,(H,26,30)(H,28,31). The molecule has 0 atom stereocenters. The second kappa shape index (κ2) is 8.99. The maximum Gasteiger partial charge on any atom is 0.253 e. The van der Waals surface area contributed by atoms with Crippen LogP contribution >= 0.6 is 15.9 Å². The maximum atomic E-state index is 13.1. The average molecular weight is 485 g/mol. The summed E-state index contributed by atoms with van der Waals surface area (Å²) in [6, 6.07) is 6.06. The number of fused-ring (bicyclic) bond motifs is 1. The molecule has 0 saturated heterocycles. The summed E-state index contributed by atoms with van der Waals surface area (Å²) in [5.41, 5.74) is 4.00. The molecule has 0 spiro atoms. The van der Waals surface area contributed by atoms with Crippen LogP contribution in [0.15, 0.2) is 33.7 Å². The third-order valence-electron chi connectivity index (χ3n) is 6.19. The Kier molecular flexibility index (Phi) is 6.32. The molecule has 164 valence electrons. The number of nitrogens with zero attached hydrogens (tertiary/aromatic N) is 2. The normalized spacial score (nSPS) is 15.0. The molecule has 2 heterocycles. The topological polar surface area (TPSA) is 79.8 Å². The number of pyridine rings is 1. The quantitative estimate of drug-likeness (QED) is 0.511. The van der Waals surface area contributed by atoms with E-state index < -0.39 is 0 Å². The van der Waals surface area contributed by atoms with E-state index in [-0.39, 0.29) is 24.1 Å². The van der Waals surface area contributed by atoms with Crippen LogP contribution in [-0.2, 0) is 6.54 Å². The monoisotopic (exact) mass is 484 g/mol. The van der Waals surface area contributed by atoms with Gasteiger partial charge in [0.15, 0.2) is 0 Å². The van der Waals surface area contributed by atoms with Crippen LogP contribution < -0.4 is 10.9 Å². The van der Waals surface area contributed by atoms with Crippen LogP contribution in [-0.4, -0.2) is 20.7 Å². The number of aromatic amines is 1. The van der Waals surface area contributed by atoms with Crippen molar-refractivity contribution >= 4 is 32.7 Å². The number of carbonyl (C=O) groups is 1. The van der Waals surface area contributed by atoms with Crippen molar-refractivity contribution in [2.24, 2.45) is 0 Å². The molecule has 0 aliphatic heterocycles. The maximum absolute atomic E-state index is 13.1. The van der Waals surface area contributed by atoms with E-state index in [9.17, 15) is 9.59 Å². The first-order chi connectivity index (χ1) is 14.8. The van der Waals surface area contributed by atoms with Gasteiger partial charge in [0.2, 0.25) is 0 Å². The van der Waals surface area contributed by atoms with Crippen molar-refractivity contribution in [3.8, 4) is 0 Å². The van der Waals surface area contributed by atoms with Crippen molar-refractivity contribution in [2.75, 3.05) is 0 Å². The van der Waals surface area contributed by atoms with Crippen LogP contribution in [0.25, 0.3) is 10.9 Å². The van der Waals surface area contributed by atoms with Gasteiger partial charge in [0.25, 0.3) is 11.5 Å². The van der Waals surface area contributed by atoms with Crippen LogP contribution in [0, 0.1) is 6.92 Å². The summed E-state index contributed by atoms with van der Waals surface area (Å²) in [5.74, 6) is 0.188. The van der Waals surface area contributed by atoms with E-state index in [4.69, 9.17) is 0 Å². The highest BCUT2D eigenvalue weighted by Crippen LogP contribution is 2.34. The van der Waals surface area contributed by atoms with E-state index >= 15 is 0 Å². The molecular formula is C24H29BrN4O2. The number of halogens is 1. The summed E-state index contributed by atoms with van der Waals surface area (Å²) in [6.07, 6.45) is 7.59. The highest BCUT2D eigenvalue weighted by Gasteiger charge is 2.22. The van der Waals surface area contributed by atoms with Crippen LogP contribution in [0.2, 0.25) is 0 Å². The minimum atomic E-state index is -0.204. The fourth-order valence-corrected chi connectivity index (χ4v) is 5.12. The third-order valence-corrected chi connectivity index (χ3v) is 6.65. The fourth-order valence-electron chi connectivity index (χ4n) is 4.68. The zero-order valence-corrected chi connectivity index (χ0v) is 19.9. The van der Waals surface area contributed by atoms with Crippen molar-refractivity contribution in [3.63, 3.8) is 0 Å².